The Bertz CT molecular complexity index is 1310. The van der Waals surface area contributed by atoms with Gasteiger partial charge in [-0.2, -0.15) is 0 Å². The van der Waals surface area contributed by atoms with Crippen LogP contribution in [0.2, 0.25) is 0 Å². The maximum atomic E-state index is 12.3. The number of ether oxygens (including phenoxy) is 1. The second kappa shape index (κ2) is 8.91. The van der Waals surface area contributed by atoms with E-state index in [4.69, 9.17) is 4.74 Å². The van der Waals surface area contributed by atoms with Gasteiger partial charge in [-0.3, -0.25) is 4.79 Å². The van der Waals surface area contributed by atoms with E-state index in [2.05, 4.69) is 15.6 Å². The van der Waals surface area contributed by atoms with Crippen molar-refractivity contribution < 1.29 is 19.4 Å². The van der Waals surface area contributed by atoms with E-state index in [9.17, 15) is 14.7 Å². The number of amides is 1. The molecule has 0 saturated carbocycles. The van der Waals surface area contributed by atoms with E-state index >= 15 is 0 Å². The normalized spacial score (nSPS) is 11.2. The van der Waals surface area contributed by atoms with Gasteiger partial charge in [-0.1, -0.05) is 35.6 Å². The zero-order chi connectivity index (χ0) is 23.6. The molecule has 0 fully saturated rings. The standard InChI is InChI=1S/C25H23N3O4S/c1-25(2,23(30)31)28-22(29)17-6-4-15(5-7-17)16-8-10-18(11-9-16)26-24-27-20-13-12-19(32-3)14-21(20)33-24/h4-14H,1-3H3,(H,26,27)(H,28,29)(H,30,31). The van der Waals surface area contributed by atoms with Gasteiger partial charge in [-0.25, -0.2) is 9.78 Å². The van der Waals surface area contributed by atoms with Crippen LogP contribution in [0.1, 0.15) is 24.2 Å². The van der Waals surface area contributed by atoms with Crippen molar-refractivity contribution in [2.24, 2.45) is 0 Å². The molecule has 8 heteroatoms. The largest absolute Gasteiger partial charge is 0.497 e. The van der Waals surface area contributed by atoms with Crippen molar-refractivity contribution in [1.82, 2.24) is 10.3 Å². The van der Waals surface area contributed by atoms with Crippen molar-refractivity contribution in [2.45, 2.75) is 19.4 Å². The zero-order valence-corrected chi connectivity index (χ0v) is 19.2. The van der Waals surface area contributed by atoms with E-state index in [1.807, 2.05) is 54.6 Å². The summed E-state index contributed by atoms with van der Waals surface area (Å²) in [5, 5.41) is 15.8. The number of anilines is 2. The maximum Gasteiger partial charge on any atom is 0.328 e. The molecule has 0 aliphatic heterocycles. The second-order valence-electron chi connectivity index (χ2n) is 8.02. The summed E-state index contributed by atoms with van der Waals surface area (Å²) in [7, 11) is 1.64. The monoisotopic (exact) mass is 461 g/mol. The van der Waals surface area contributed by atoms with Gasteiger partial charge in [-0.15, -0.1) is 0 Å². The predicted molar refractivity (Wildman–Crippen MR) is 131 cm³/mol. The van der Waals surface area contributed by atoms with Gasteiger partial charge in [0.15, 0.2) is 5.13 Å². The maximum absolute atomic E-state index is 12.3. The first-order valence-electron chi connectivity index (χ1n) is 10.2. The van der Waals surface area contributed by atoms with Gasteiger partial charge < -0.3 is 20.5 Å². The summed E-state index contributed by atoms with van der Waals surface area (Å²) in [4.78, 5) is 28.2. The number of carbonyl (C=O) groups excluding carboxylic acids is 1. The fourth-order valence-electron chi connectivity index (χ4n) is 3.18. The molecule has 7 nitrogen and oxygen atoms in total. The fourth-order valence-corrected chi connectivity index (χ4v) is 4.09. The number of carboxylic acid groups (broad SMARTS) is 1. The lowest BCUT2D eigenvalue weighted by molar-refractivity contribution is -0.143. The Morgan fingerprint density at radius 1 is 0.970 bits per heavy atom. The third-order valence-corrected chi connectivity index (χ3v) is 6.11. The minimum absolute atomic E-state index is 0.402. The highest BCUT2D eigenvalue weighted by Crippen LogP contribution is 2.31. The third-order valence-electron chi connectivity index (χ3n) is 5.17. The van der Waals surface area contributed by atoms with Crippen LogP contribution >= 0.6 is 11.3 Å². The van der Waals surface area contributed by atoms with E-state index in [0.717, 1.165) is 37.9 Å². The molecule has 1 amide bonds. The average Bonchev–Trinajstić information content (AvgIpc) is 3.20. The number of methoxy groups -OCH3 is 1. The first kappa shape index (κ1) is 22.3. The molecule has 0 radical (unpaired) electrons. The van der Waals surface area contributed by atoms with Crippen LogP contribution in [-0.4, -0.2) is 34.6 Å². The molecular formula is C25H23N3O4S. The lowest BCUT2D eigenvalue weighted by Crippen LogP contribution is -2.49. The van der Waals surface area contributed by atoms with Crippen LogP contribution < -0.4 is 15.4 Å². The summed E-state index contributed by atoms with van der Waals surface area (Å²) in [6, 6.07) is 20.8. The first-order chi connectivity index (χ1) is 15.7. The number of carbonyl (C=O) groups is 2. The van der Waals surface area contributed by atoms with Crippen molar-refractivity contribution in [2.75, 3.05) is 12.4 Å². The number of thiazole rings is 1. The molecule has 0 aliphatic rings. The minimum Gasteiger partial charge on any atom is -0.497 e. The lowest BCUT2D eigenvalue weighted by Gasteiger charge is -2.21. The number of aliphatic carboxylic acids is 1. The fraction of sp³-hybridized carbons (Fsp3) is 0.160. The predicted octanol–water partition coefficient (Wildman–Crippen LogP) is 5.31. The Labute approximate surface area is 195 Å². The number of nitrogens with zero attached hydrogens (tertiary/aromatic N) is 1. The Balaban J connectivity index is 1.45. The van der Waals surface area contributed by atoms with Crippen molar-refractivity contribution >= 4 is 44.2 Å². The van der Waals surface area contributed by atoms with Crippen LogP contribution in [0.3, 0.4) is 0 Å². The van der Waals surface area contributed by atoms with Gasteiger partial charge in [0.05, 0.1) is 17.3 Å². The van der Waals surface area contributed by atoms with Crippen LogP contribution in [0, 0.1) is 0 Å². The Morgan fingerprint density at radius 2 is 1.61 bits per heavy atom. The van der Waals surface area contributed by atoms with Crippen molar-refractivity contribution in [1.29, 1.82) is 0 Å². The van der Waals surface area contributed by atoms with Gasteiger partial charge in [-0.05, 0) is 67.4 Å². The molecule has 0 spiro atoms. The van der Waals surface area contributed by atoms with E-state index in [1.165, 1.54) is 13.8 Å². The van der Waals surface area contributed by atoms with E-state index < -0.39 is 17.4 Å². The molecule has 0 atom stereocenters. The number of aromatic nitrogens is 1. The molecule has 1 heterocycles. The highest BCUT2D eigenvalue weighted by molar-refractivity contribution is 7.22. The molecule has 3 N–H and O–H groups in total. The lowest BCUT2D eigenvalue weighted by atomic mass is 10.0. The van der Waals surface area contributed by atoms with Crippen LogP contribution in [0.25, 0.3) is 21.3 Å². The molecule has 4 aromatic rings. The van der Waals surface area contributed by atoms with E-state index in [1.54, 1.807) is 30.6 Å². The van der Waals surface area contributed by atoms with Crippen molar-refractivity contribution in [3.05, 3.63) is 72.3 Å². The van der Waals surface area contributed by atoms with E-state index in [-0.39, 0.29) is 0 Å². The number of hydrogen-bond acceptors (Lipinski definition) is 6. The highest BCUT2D eigenvalue weighted by Gasteiger charge is 2.29. The Hall–Kier alpha value is -3.91. The number of carboxylic acids is 1. The topological polar surface area (TPSA) is 101 Å². The van der Waals surface area contributed by atoms with Gasteiger partial charge in [0.2, 0.25) is 0 Å². The molecule has 0 bridgehead atoms. The van der Waals surface area contributed by atoms with Gasteiger partial charge in [0.25, 0.3) is 5.91 Å². The summed E-state index contributed by atoms with van der Waals surface area (Å²) in [5.74, 6) is -0.718. The molecule has 0 unspecified atom stereocenters. The number of hydrogen-bond donors (Lipinski definition) is 3. The van der Waals surface area contributed by atoms with Gasteiger partial charge in [0, 0.05) is 11.3 Å². The van der Waals surface area contributed by atoms with Crippen LogP contribution in [-0.2, 0) is 4.79 Å². The summed E-state index contributed by atoms with van der Waals surface area (Å²) < 4.78 is 6.31. The first-order valence-corrected chi connectivity index (χ1v) is 11.0. The zero-order valence-electron chi connectivity index (χ0n) is 18.4. The van der Waals surface area contributed by atoms with E-state index in [0.29, 0.717) is 5.56 Å². The number of nitrogens with one attached hydrogen (secondary N) is 2. The molecule has 4 rings (SSSR count). The van der Waals surface area contributed by atoms with Crippen molar-refractivity contribution in [3.8, 4) is 16.9 Å². The van der Waals surface area contributed by atoms with Crippen molar-refractivity contribution in [3.63, 3.8) is 0 Å². The van der Waals surface area contributed by atoms with Gasteiger partial charge >= 0.3 is 5.97 Å². The molecule has 0 aliphatic carbocycles. The van der Waals surface area contributed by atoms with Crippen LogP contribution in [0.5, 0.6) is 5.75 Å². The number of fused-ring (bicyclic) bond motifs is 1. The molecule has 0 saturated heterocycles. The summed E-state index contributed by atoms with van der Waals surface area (Å²) in [6.07, 6.45) is 0. The summed E-state index contributed by atoms with van der Waals surface area (Å²) in [5.41, 5.74) is 2.83. The minimum atomic E-state index is -1.34. The van der Waals surface area contributed by atoms with Crippen LogP contribution in [0.4, 0.5) is 10.8 Å². The summed E-state index contributed by atoms with van der Waals surface area (Å²) in [6.45, 7) is 2.89. The quantitative estimate of drug-likeness (QED) is 0.345. The Morgan fingerprint density at radius 3 is 2.21 bits per heavy atom. The molecular weight excluding hydrogens is 438 g/mol. The SMILES string of the molecule is COc1ccc2nc(Nc3ccc(-c4ccc(C(=O)NC(C)(C)C(=O)O)cc4)cc3)sc2c1. The number of rotatable bonds is 7. The van der Waals surface area contributed by atoms with Crippen LogP contribution in [0.15, 0.2) is 66.7 Å². The highest BCUT2D eigenvalue weighted by atomic mass is 32.1. The molecule has 1 aromatic heterocycles. The molecule has 33 heavy (non-hydrogen) atoms. The second-order valence-corrected chi connectivity index (χ2v) is 9.05. The third kappa shape index (κ3) is 4.96. The summed E-state index contributed by atoms with van der Waals surface area (Å²) >= 11 is 1.56. The molecule has 3 aromatic carbocycles. The number of benzene rings is 3. The van der Waals surface area contributed by atoms with Gasteiger partial charge in [0.1, 0.15) is 11.3 Å². The Kier molecular flexibility index (Phi) is 6.02. The average molecular weight is 462 g/mol. The molecule has 168 valence electrons. The smallest absolute Gasteiger partial charge is 0.328 e.